The van der Waals surface area contributed by atoms with Crippen molar-refractivity contribution in [1.82, 2.24) is 0 Å². The van der Waals surface area contributed by atoms with Crippen LogP contribution in [0.3, 0.4) is 0 Å². The van der Waals surface area contributed by atoms with E-state index in [4.69, 9.17) is 6.42 Å². The van der Waals surface area contributed by atoms with Crippen molar-refractivity contribution in [2.24, 2.45) is 0 Å². The fraction of sp³-hybridized carbons (Fsp3) is 0.452. The molecule has 0 heterocycles. The average molecular weight is 445 g/mol. The van der Waals surface area contributed by atoms with Crippen molar-refractivity contribution in [1.29, 1.82) is 0 Å². The zero-order chi connectivity index (χ0) is 24.4. The molecule has 0 aromatic heterocycles. The van der Waals surface area contributed by atoms with E-state index >= 15 is 0 Å². The standard InChI is InChI=1S/C31H40O2/c1-7-9-10-11-12-13-14-15-16-26(8-2)21-27(28-19-22(3)17-24(5)30(28)32)29-20-23(4)18-25(6)31(29)33/h2,15,17-20,27,32-33H,7,9-14,21H2,1,3-6H3. The Hall–Kier alpha value is -2.88. The summed E-state index contributed by atoms with van der Waals surface area (Å²) in [6, 6.07) is 7.93. The Balaban J connectivity index is 2.37. The Kier molecular flexibility index (Phi) is 10.4. The van der Waals surface area contributed by atoms with Gasteiger partial charge in [0.2, 0.25) is 0 Å². The predicted molar refractivity (Wildman–Crippen MR) is 140 cm³/mol. The highest BCUT2D eigenvalue weighted by atomic mass is 16.3. The first-order valence-electron chi connectivity index (χ1n) is 12.3. The molecule has 0 aliphatic rings. The molecule has 0 aliphatic heterocycles. The number of hydrogen-bond acceptors (Lipinski definition) is 2. The first kappa shape index (κ1) is 26.4. The van der Waals surface area contributed by atoms with Gasteiger partial charge < -0.3 is 10.2 Å². The number of terminal acetylenes is 1. The smallest absolute Gasteiger partial charge is 0.122 e. The zero-order valence-electron chi connectivity index (χ0n) is 21.1. The fourth-order valence-electron chi connectivity index (χ4n) is 4.49. The van der Waals surface area contributed by atoms with Crippen LogP contribution in [-0.2, 0) is 0 Å². The maximum absolute atomic E-state index is 10.9. The van der Waals surface area contributed by atoms with Crippen molar-refractivity contribution in [2.75, 3.05) is 0 Å². The van der Waals surface area contributed by atoms with Gasteiger partial charge in [-0.1, -0.05) is 80.3 Å². The third kappa shape index (κ3) is 7.59. The van der Waals surface area contributed by atoms with Crippen LogP contribution in [0.5, 0.6) is 11.5 Å². The largest absolute Gasteiger partial charge is 0.507 e. The first-order chi connectivity index (χ1) is 15.8. The zero-order valence-corrected chi connectivity index (χ0v) is 21.1. The number of benzene rings is 2. The number of phenolic OH excluding ortho intramolecular Hbond substituents is 2. The van der Waals surface area contributed by atoms with E-state index in [2.05, 4.69) is 24.7 Å². The third-order valence-corrected chi connectivity index (χ3v) is 6.26. The molecule has 2 heteroatoms. The van der Waals surface area contributed by atoms with Gasteiger partial charge in [-0.3, -0.25) is 0 Å². The van der Waals surface area contributed by atoms with Crippen molar-refractivity contribution >= 4 is 0 Å². The molecule has 2 N–H and O–H groups in total. The molecule has 2 aromatic carbocycles. The number of rotatable bonds is 11. The summed E-state index contributed by atoms with van der Waals surface area (Å²) in [7, 11) is 0. The van der Waals surface area contributed by atoms with Gasteiger partial charge in [-0.2, -0.15) is 0 Å². The summed E-state index contributed by atoms with van der Waals surface area (Å²) in [5.74, 6) is 3.06. The van der Waals surface area contributed by atoms with Crippen molar-refractivity contribution in [3.8, 4) is 23.8 Å². The van der Waals surface area contributed by atoms with Gasteiger partial charge >= 0.3 is 0 Å². The minimum atomic E-state index is -0.261. The van der Waals surface area contributed by atoms with E-state index in [0.29, 0.717) is 6.42 Å². The van der Waals surface area contributed by atoms with Crippen molar-refractivity contribution in [3.05, 3.63) is 75.0 Å². The van der Waals surface area contributed by atoms with Crippen LogP contribution in [0.4, 0.5) is 0 Å². The lowest BCUT2D eigenvalue weighted by atomic mass is 9.82. The molecular weight excluding hydrogens is 404 g/mol. The molecule has 2 aromatic rings. The molecule has 0 saturated carbocycles. The highest BCUT2D eigenvalue weighted by Gasteiger charge is 2.24. The highest BCUT2D eigenvalue weighted by Crippen LogP contribution is 2.42. The second-order valence-corrected chi connectivity index (χ2v) is 9.32. The van der Waals surface area contributed by atoms with Crippen LogP contribution in [0, 0.1) is 40.0 Å². The van der Waals surface area contributed by atoms with Crippen LogP contribution in [-0.4, -0.2) is 10.2 Å². The summed E-state index contributed by atoms with van der Waals surface area (Å²) in [4.78, 5) is 0. The van der Waals surface area contributed by atoms with Crippen molar-refractivity contribution in [3.63, 3.8) is 0 Å². The Morgan fingerprint density at radius 2 is 1.36 bits per heavy atom. The number of aryl methyl sites for hydroxylation is 4. The topological polar surface area (TPSA) is 40.5 Å². The summed E-state index contributed by atoms with van der Waals surface area (Å²) in [6.07, 6.45) is 16.9. The molecule has 0 radical (unpaired) electrons. The minimum Gasteiger partial charge on any atom is -0.507 e. The molecule has 176 valence electrons. The van der Waals surface area contributed by atoms with Crippen LogP contribution >= 0.6 is 0 Å². The van der Waals surface area contributed by atoms with E-state index in [-0.39, 0.29) is 17.4 Å². The summed E-state index contributed by atoms with van der Waals surface area (Å²) in [6.45, 7) is 10.1. The van der Waals surface area contributed by atoms with Gasteiger partial charge in [0.1, 0.15) is 11.5 Å². The Morgan fingerprint density at radius 1 is 0.848 bits per heavy atom. The summed E-state index contributed by atoms with van der Waals surface area (Å²) >= 11 is 0. The highest BCUT2D eigenvalue weighted by molar-refractivity contribution is 5.54. The van der Waals surface area contributed by atoms with Crippen LogP contribution in [0.2, 0.25) is 0 Å². The molecular formula is C31H40O2. The lowest BCUT2D eigenvalue weighted by Crippen LogP contribution is -2.06. The van der Waals surface area contributed by atoms with E-state index in [9.17, 15) is 10.2 Å². The molecule has 0 aliphatic carbocycles. The van der Waals surface area contributed by atoms with Gasteiger partial charge in [0.25, 0.3) is 0 Å². The molecule has 0 fully saturated rings. The van der Waals surface area contributed by atoms with Crippen molar-refractivity contribution in [2.45, 2.75) is 91.9 Å². The van der Waals surface area contributed by atoms with Gasteiger partial charge in [-0.25, -0.2) is 0 Å². The number of hydrogen-bond donors (Lipinski definition) is 2. The van der Waals surface area contributed by atoms with Crippen LogP contribution in [0.15, 0.2) is 41.6 Å². The maximum Gasteiger partial charge on any atom is 0.122 e. The van der Waals surface area contributed by atoms with Crippen LogP contribution < -0.4 is 0 Å². The lowest BCUT2D eigenvalue weighted by Gasteiger charge is -2.23. The quantitative estimate of drug-likeness (QED) is 0.208. The summed E-state index contributed by atoms with van der Waals surface area (Å²) < 4.78 is 0. The molecule has 0 amide bonds. The Bertz CT molecular complexity index is 988. The third-order valence-electron chi connectivity index (χ3n) is 6.26. The van der Waals surface area contributed by atoms with E-state index in [0.717, 1.165) is 51.8 Å². The molecule has 0 atom stereocenters. The molecule has 2 rings (SSSR count). The molecule has 0 unspecified atom stereocenters. The van der Waals surface area contributed by atoms with Crippen molar-refractivity contribution < 1.29 is 10.2 Å². The number of phenols is 2. The number of unbranched alkanes of at least 4 members (excludes halogenated alkanes) is 6. The van der Waals surface area contributed by atoms with Crippen LogP contribution in [0.1, 0.15) is 97.6 Å². The van der Waals surface area contributed by atoms with E-state index in [1.165, 1.54) is 32.1 Å². The fourth-order valence-corrected chi connectivity index (χ4v) is 4.49. The Labute approximate surface area is 201 Å². The molecule has 0 spiro atoms. The predicted octanol–water partition coefficient (Wildman–Crippen LogP) is 8.32. The van der Waals surface area contributed by atoms with Gasteiger partial charge in [0.15, 0.2) is 0 Å². The molecule has 0 bridgehead atoms. The second kappa shape index (κ2) is 13.0. The first-order valence-corrected chi connectivity index (χ1v) is 12.3. The maximum atomic E-state index is 10.9. The average Bonchev–Trinajstić information content (AvgIpc) is 2.77. The van der Waals surface area contributed by atoms with Gasteiger partial charge in [0.05, 0.1) is 0 Å². The van der Waals surface area contributed by atoms with E-state index in [1.807, 2.05) is 52.0 Å². The van der Waals surface area contributed by atoms with Crippen LogP contribution in [0.25, 0.3) is 0 Å². The van der Waals surface area contributed by atoms with Gasteiger partial charge in [0, 0.05) is 22.6 Å². The van der Waals surface area contributed by atoms with Gasteiger partial charge in [-0.05, 0) is 64.2 Å². The Morgan fingerprint density at radius 3 is 1.88 bits per heavy atom. The monoisotopic (exact) mass is 444 g/mol. The minimum absolute atomic E-state index is 0.261. The molecule has 33 heavy (non-hydrogen) atoms. The molecule has 0 saturated heterocycles. The van der Waals surface area contributed by atoms with E-state index < -0.39 is 0 Å². The second-order valence-electron chi connectivity index (χ2n) is 9.32. The summed E-state index contributed by atoms with van der Waals surface area (Å²) in [5, 5.41) is 21.9. The van der Waals surface area contributed by atoms with Gasteiger partial charge in [-0.15, -0.1) is 12.2 Å². The summed E-state index contributed by atoms with van der Waals surface area (Å²) in [5.41, 5.74) is 9.45. The normalized spacial score (nSPS) is 10.7. The number of allylic oxidation sites excluding steroid dienone is 1. The molecule has 2 nitrogen and oxygen atoms in total. The van der Waals surface area contributed by atoms with E-state index in [1.54, 1.807) is 0 Å². The number of aromatic hydroxyl groups is 2. The SMILES string of the molecule is C#CC(=C=CCCCCCCCC)CC(c1cc(C)cc(C)c1O)c1cc(C)cc(C)c1O. The lowest BCUT2D eigenvalue weighted by molar-refractivity contribution is 0.449.